The summed E-state index contributed by atoms with van der Waals surface area (Å²) in [5.41, 5.74) is 1.83. The monoisotopic (exact) mass is 489 g/mol. The van der Waals surface area contributed by atoms with Gasteiger partial charge >= 0.3 is 0 Å². The molecule has 3 aromatic carbocycles. The number of phenols is 2. The van der Waals surface area contributed by atoms with Crippen LogP contribution in [0.5, 0.6) is 17.2 Å². The number of benzene rings is 3. The molecule has 2 N–H and O–H groups in total. The SMILES string of the molecule is CCCCN(C)C(=O)COc1ccc(C(=O)c2c(-c3ccc(O)cc3)sc3cc(O)ccc23)cc1. The average molecular weight is 490 g/mol. The van der Waals surface area contributed by atoms with Gasteiger partial charge in [0.25, 0.3) is 5.91 Å². The second-order valence-corrected chi connectivity index (χ2v) is 9.40. The molecule has 0 spiro atoms. The average Bonchev–Trinajstić information content (AvgIpc) is 3.24. The fourth-order valence-electron chi connectivity index (χ4n) is 3.75. The van der Waals surface area contributed by atoms with Crippen LogP contribution in [0.15, 0.2) is 66.7 Å². The van der Waals surface area contributed by atoms with Crippen molar-refractivity contribution in [1.29, 1.82) is 0 Å². The van der Waals surface area contributed by atoms with Crippen molar-refractivity contribution in [2.45, 2.75) is 19.8 Å². The molecule has 1 aromatic heterocycles. The number of ether oxygens (including phenoxy) is 1. The number of fused-ring (bicyclic) bond motifs is 1. The van der Waals surface area contributed by atoms with Crippen LogP contribution < -0.4 is 4.74 Å². The smallest absolute Gasteiger partial charge is 0.260 e. The van der Waals surface area contributed by atoms with Gasteiger partial charge in [0.1, 0.15) is 17.2 Å². The topological polar surface area (TPSA) is 87.1 Å². The molecule has 0 fully saturated rings. The van der Waals surface area contributed by atoms with E-state index in [0.29, 0.717) is 23.4 Å². The van der Waals surface area contributed by atoms with E-state index in [1.165, 1.54) is 11.3 Å². The molecule has 0 unspecified atom stereocenters. The van der Waals surface area contributed by atoms with E-state index in [4.69, 9.17) is 4.74 Å². The van der Waals surface area contributed by atoms with Gasteiger partial charge in [0, 0.05) is 39.7 Å². The Morgan fingerprint density at radius 3 is 2.31 bits per heavy atom. The molecule has 0 atom stereocenters. The Bertz CT molecular complexity index is 1340. The first kappa shape index (κ1) is 24.3. The van der Waals surface area contributed by atoms with Crippen LogP contribution in [0.25, 0.3) is 20.5 Å². The van der Waals surface area contributed by atoms with Crippen molar-refractivity contribution in [3.63, 3.8) is 0 Å². The van der Waals surface area contributed by atoms with Crippen LogP contribution in [0.4, 0.5) is 0 Å². The quantitative estimate of drug-likeness (QED) is 0.288. The number of carbonyl (C=O) groups excluding carboxylic acids is 2. The van der Waals surface area contributed by atoms with Crippen LogP contribution >= 0.6 is 11.3 Å². The van der Waals surface area contributed by atoms with E-state index < -0.39 is 0 Å². The predicted octanol–water partition coefficient (Wildman–Crippen LogP) is 5.85. The van der Waals surface area contributed by atoms with Gasteiger partial charge in [0.2, 0.25) is 0 Å². The lowest BCUT2D eigenvalue weighted by Gasteiger charge is -2.17. The predicted molar refractivity (Wildman–Crippen MR) is 139 cm³/mol. The number of ketones is 1. The standard InChI is InChI=1S/C28H27NO5S/c1-3-4-15-29(2)25(32)17-34-22-12-7-18(8-13-22)27(33)26-23-14-11-21(31)16-24(23)35-28(26)19-5-9-20(30)10-6-19/h5-14,16,30-31H,3-4,15,17H2,1-2H3. The Labute approximate surface area is 208 Å². The van der Waals surface area contributed by atoms with Gasteiger partial charge in [-0.05, 0) is 78.7 Å². The van der Waals surface area contributed by atoms with Crippen molar-refractivity contribution in [3.05, 3.63) is 77.9 Å². The fourth-order valence-corrected chi connectivity index (χ4v) is 4.99. The zero-order valence-corrected chi connectivity index (χ0v) is 20.5. The third-order valence-electron chi connectivity index (χ3n) is 5.78. The molecule has 6 nitrogen and oxygen atoms in total. The Morgan fingerprint density at radius 2 is 1.63 bits per heavy atom. The molecule has 1 amide bonds. The van der Waals surface area contributed by atoms with Gasteiger partial charge in [-0.25, -0.2) is 0 Å². The molecule has 7 heteroatoms. The number of hydrogen-bond donors (Lipinski definition) is 2. The highest BCUT2D eigenvalue weighted by Crippen LogP contribution is 2.41. The second-order valence-electron chi connectivity index (χ2n) is 8.34. The van der Waals surface area contributed by atoms with Crippen LogP contribution in [0, 0.1) is 0 Å². The number of likely N-dealkylation sites (N-methyl/N-ethyl adjacent to an activating group) is 1. The van der Waals surface area contributed by atoms with E-state index in [1.807, 2.05) is 0 Å². The van der Waals surface area contributed by atoms with Gasteiger partial charge in [0.15, 0.2) is 12.4 Å². The maximum absolute atomic E-state index is 13.6. The van der Waals surface area contributed by atoms with Gasteiger partial charge in [-0.3, -0.25) is 9.59 Å². The summed E-state index contributed by atoms with van der Waals surface area (Å²) in [6, 6.07) is 18.4. The molecule has 4 aromatic rings. The zero-order valence-electron chi connectivity index (χ0n) is 19.7. The van der Waals surface area contributed by atoms with Crippen LogP contribution in [-0.4, -0.2) is 47.0 Å². The van der Waals surface area contributed by atoms with E-state index >= 15 is 0 Å². The van der Waals surface area contributed by atoms with Crippen LogP contribution in [0.2, 0.25) is 0 Å². The Balaban J connectivity index is 1.59. The first-order chi connectivity index (χ1) is 16.9. The van der Waals surface area contributed by atoms with Gasteiger partial charge in [0.05, 0.1) is 0 Å². The molecule has 0 aliphatic carbocycles. The van der Waals surface area contributed by atoms with E-state index in [-0.39, 0.29) is 29.8 Å². The summed E-state index contributed by atoms with van der Waals surface area (Å²) in [5.74, 6) is 0.534. The first-order valence-corrected chi connectivity index (χ1v) is 12.3. The van der Waals surface area contributed by atoms with Gasteiger partial charge in [-0.1, -0.05) is 13.3 Å². The van der Waals surface area contributed by atoms with Crippen molar-refractivity contribution >= 4 is 33.1 Å². The third kappa shape index (κ3) is 5.46. The molecule has 0 saturated heterocycles. The zero-order chi connectivity index (χ0) is 24.9. The van der Waals surface area contributed by atoms with E-state index in [0.717, 1.165) is 33.4 Å². The maximum atomic E-state index is 13.6. The van der Waals surface area contributed by atoms with Crippen molar-refractivity contribution < 1.29 is 24.5 Å². The van der Waals surface area contributed by atoms with Crippen LogP contribution in [-0.2, 0) is 4.79 Å². The highest BCUT2D eigenvalue weighted by molar-refractivity contribution is 7.22. The summed E-state index contributed by atoms with van der Waals surface area (Å²) < 4.78 is 6.42. The van der Waals surface area contributed by atoms with E-state index in [9.17, 15) is 19.8 Å². The molecule has 0 saturated carbocycles. The molecular formula is C28H27NO5S. The molecule has 1 heterocycles. The van der Waals surface area contributed by atoms with Gasteiger partial charge in [-0.2, -0.15) is 0 Å². The Morgan fingerprint density at radius 1 is 0.943 bits per heavy atom. The molecule has 0 aliphatic rings. The number of hydrogen-bond acceptors (Lipinski definition) is 6. The number of carbonyl (C=O) groups is 2. The second kappa shape index (κ2) is 10.6. The number of nitrogens with zero attached hydrogens (tertiary/aromatic N) is 1. The lowest BCUT2D eigenvalue weighted by molar-refractivity contribution is -0.132. The Hall–Kier alpha value is -3.84. The summed E-state index contributed by atoms with van der Waals surface area (Å²) in [5, 5.41) is 20.4. The molecule has 0 radical (unpaired) electrons. The summed E-state index contributed by atoms with van der Waals surface area (Å²) in [4.78, 5) is 28.3. The van der Waals surface area contributed by atoms with Crippen molar-refractivity contribution in [2.24, 2.45) is 0 Å². The highest BCUT2D eigenvalue weighted by Gasteiger charge is 2.22. The molecule has 35 heavy (non-hydrogen) atoms. The first-order valence-electron chi connectivity index (χ1n) is 11.4. The van der Waals surface area contributed by atoms with Crippen molar-refractivity contribution in [3.8, 4) is 27.7 Å². The van der Waals surface area contributed by atoms with E-state index in [1.54, 1.807) is 78.7 Å². The lowest BCUT2D eigenvalue weighted by atomic mass is 9.97. The van der Waals surface area contributed by atoms with Crippen molar-refractivity contribution in [1.82, 2.24) is 4.90 Å². The minimum atomic E-state index is -0.160. The molecule has 0 aliphatic heterocycles. The number of unbranched alkanes of at least 4 members (excludes halogenated alkanes) is 1. The number of rotatable bonds is 9. The number of amides is 1. The van der Waals surface area contributed by atoms with Crippen LogP contribution in [0.3, 0.4) is 0 Å². The number of thiophene rings is 1. The molecule has 4 rings (SSSR count). The normalized spacial score (nSPS) is 10.9. The molecular weight excluding hydrogens is 462 g/mol. The van der Waals surface area contributed by atoms with Crippen molar-refractivity contribution in [2.75, 3.05) is 20.2 Å². The number of phenolic OH excluding ortho intramolecular Hbond substituents is 2. The summed E-state index contributed by atoms with van der Waals surface area (Å²) in [7, 11) is 1.76. The fraction of sp³-hybridized carbons (Fsp3) is 0.214. The van der Waals surface area contributed by atoms with Crippen LogP contribution in [0.1, 0.15) is 35.7 Å². The minimum Gasteiger partial charge on any atom is -0.508 e. The highest BCUT2D eigenvalue weighted by atomic mass is 32.1. The van der Waals surface area contributed by atoms with E-state index in [2.05, 4.69) is 6.92 Å². The molecule has 180 valence electrons. The maximum Gasteiger partial charge on any atom is 0.260 e. The summed E-state index contributed by atoms with van der Waals surface area (Å²) >= 11 is 1.41. The third-order valence-corrected chi connectivity index (χ3v) is 6.98. The summed E-state index contributed by atoms with van der Waals surface area (Å²) in [6.07, 6.45) is 1.96. The lowest BCUT2D eigenvalue weighted by Crippen LogP contribution is -2.32. The minimum absolute atomic E-state index is 0.0584. The number of aromatic hydroxyl groups is 2. The van der Waals surface area contributed by atoms with Gasteiger partial charge in [-0.15, -0.1) is 11.3 Å². The largest absolute Gasteiger partial charge is 0.508 e. The van der Waals surface area contributed by atoms with Gasteiger partial charge < -0.3 is 19.8 Å². The Kier molecular flexibility index (Phi) is 7.36. The molecule has 0 bridgehead atoms. The summed E-state index contributed by atoms with van der Waals surface area (Å²) in [6.45, 7) is 2.72.